The first-order valence-electron chi connectivity index (χ1n) is 8.38. The molecule has 0 spiro atoms. The second-order valence-corrected chi connectivity index (χ2v) is 7.54. The number of aryl methyl sites for hydroxylation is 1. The Morgan fingerprint density at radius 1 is 1.32 bits per heavy atom. The summed E-state index contributed by atoms with van der Waals surface area (Å²) in [4.78, 5) is 23.4. The van der Waals surface area contributed by atoms with Crippen molar-refractivity contribution in [3.8, 4) is 0 Å². The fourth-order valence-corrected chi connectivity index (χ4v) is 4.42. The lowest BCUT2D eigenvalue weighted by molar-refractivity contribution is -0.150. The first-order valence-corrected chi connectivity index (χ1v) is 9.26. The molecule has 0 atom stereocenters. The molecule has 25 heavy (non-hydrogen) atoms. The molecule has 1 aliphatic heterocycles. The van der Waals surface area contributed by atoms with Crippen molar-refractivity contribution >= 4 is 28.3 Å². The van der Waals surface area contributed by atoms with Crippen LogP contribution in [0.15, 0.2) is 36.0 Å². The molecule has 0 aliphatic carbocycles. The number of carboxylic acids is 1. The molecule has 0 radical (unpaired) electrons. The van der Waals surface area contributed by atoms with E-state index in [1.165, 1.54) is 0 Å². The molecule has 4 rings (SSSR count). The number of piperidine rings is 1. The van der Waals surface area contributed by atoms with E-state index in [0.717, 1.165) is 41.4 Å². The van der Waals surface area contributed by atoms with Gasteiger partial charge in [0.15, 0.2) is 0 Å². The number of imidazole rings is 1. The smallest absolute Gasteiger partial charge is 0.330 e. The van der Waals surface area contributed by atoms with Crippen LogP contribution in [0, 0.1) is 6.92 Å². The number of aliphatic carboxylic acids is 1. The normalized spacial score (nSPS) is 17.8. The molecule has 1 aromatic carbocycles. The SMILES string of the molecule is Cc1csc(CN2CCC(C(=O)O)(n3cnc4ccccc43)CC2)n1. The zero-order chi connectivity index (χ0) is 17.4. The molecule has 3 heterocycles. The lowest BCUT2D eigenvalue weighted by Gasteiger charge is -2.39. The number of fused-ring (bicyclic) bond motifs is 1. The molecule has 6 nitrogen and oxygen atoms in total. The van der Waals surface area contributed by atoms with Gasteiger partial charge in [0.05, 0.1) is 23.9 Å². The summed E-state index contributed by atoms with van der Waals surface area (Å²) < 4.78 is 1.86. The van der Waals surface area contributed by atoms with Crippen molar-refractivity contribution in [3.63, 3.8) is 0 Å². The number of rotatable bonds is 4. The van der Waals surface area contributed by atoms with Crippen LogP contribution in [-0.2, 0) is 16.9 Å². The van der Waals surface area contributed by atoms with Gasteiger partial charge in [0, 0.05) is 24.2 Å². The Kier molecular flexibility index (Phi) is 4.05. The molecule has 0 saturated carbocycles. The van der Waals surface area contributed by atoms with Crippen LogP contribution in [-0.4, -0.2) is 43.6 Å². The van der Waals surface area contributed by atoms with Gasteiger partial charge in [0.2, 0.25) is 0 Å². The standard InChI is InChI=1S/C18H20N4O2S/c1-13-11-25-16(20-13)10-21-8-6-18(7-9-21,17(23)24)22-12-19-14-4-2-3-5-15(14)22/h2-5,11-12H,6-10H2,1H3,(H,23,24). The number of carboxylic acid groups (broad SMARTS) is 1. The summed E-state index contributed by atoms with van der Waals surface area (Å²) in [6.45, 7) is 4.25. The van der Waals surface area contributed by atoms with Gasteiger partial charge in [-0.1, -0.05) is 12.1 Å². The van der Waals surface area contributed by atoms with E-state index in [1.54, 1.807) is 17.7 Å². The number of nitrogens with zero attached hydrogens (tertiary/aromatic N) is 4. The average Bonchev–Trinajstić information content (AvgIpc) is 3.22. The summed E-state index contributed by atoms with van der Waals surface area (Å²) in [6, 6.07) is 7.71. The lowest BCUT2D eigenvalue weighted by Crippen LogP contribution is -2.50. The second kappa shape index (κ2) is 6.24. The monoisotopic (exact) mass is 356 g/mol. The summed E-state index contributed by atoms with van der Waals surface area (Å²) in [7, 11) is 0. The highest BCUT2D eigenvalue weighted by molar-refractivity contribution is 7.09. The van der Waals surface area contributed by atoms with E-state index in [0.29, 0.717) is 12.8 Å². The van der Waals surface area contributed by atoms with Gasteiger partial charge >= 0.3 is 5.97 Å². The number of hydrogen-bond acceptors (Lipinski definition) is 5. The van der Waals surface area contributed by atoms with E-state index in [-0.39, 0.29) is 0 Å². The van der Waals surface area contributed by atoms with Gasteiger partial charge in [0.25, 0.3) is 0 Å². The number of likely N-dealkylation sites (tertiary alicyclic amines) is 1. The third-order valence-electron chi connectivity index (χ3n) is 5.02. The van der Waals surface area contributed by atoms with Crippen LogP contribution in [0.25, 0.3) is 11.0 Å². The maximum Gasteiger partial charge on any atom is 0.330 e. The van der Waals surface area contributed by atoms with Gasteiger partial charge in [-0.15, -0.1) is 11.3 Å². The van der Waals surface area contributed by atoms with Crippen molar-refractivity contribution in [2.24, 2.45) is 0 Å². The summed E-state index contributed by atoms with van der Waals surface area (Å²) in [5.41, 5.74) is 1.84. The maximum atomic E-state index is 12.2. The van der Waals surface area contributed by atoms with Gasteiger partial charge in [-0.25, -0.2) is 14.8 Å². The first kappa shape index (κ1) is 16.2. The minimum Gasteiger partial charge on any atom is -0.479 e. The number of para-hydroxylation sites is 2. The van der Waals surface area contributed by atoms with E-state index < -0.39 is 11.5 Å². The fraction of sp³-hybridized carbons (Fsp3) is 0.389. The quantitative estimate of drug-likeness (QED) is 0.778. The molecule has 7 heteroatoms. The summed E-state index contributed by atoms with van der Waals surface area (Å²) in [6.07, 6.45) is 2.80. The summed E-state index contributed by atoms with van der Waals surface area (Å²) >= 11 is 1.66. The molecule has 130 valence electrons. The van der Waals surface area contributed by atoms with E-state index in [2.05, 4.69) is 20.2 Å². The van der Waals surface area contributed by atoms with E-state index in [9.17, 15) is 9.90 Å². The largest absolute Gasteiger partial charge is 0.479 e. The molecule has 1 N–H and O–H groups in total. The zero-order valence-corrected chi connectivity index (χ0v) is 14.9. The third kappa shape index (κ3) is 2.83. The van der Waals surface area contributed by atoms with Crippen molar-refractivity contribution < 1.29 is 9.90 Å². The molecule has 1 saturated heterocycles. The predicted molar refractivity (Wildman–Crippen MR) is 96.7 cm³/mol. The maximum absolute atomic E-state index is 12.2. The third-order valence-corrected chi connectivity index (χ3v) is 5.97. The van der Waals surface area contributed by atoms with Gasteiger partial charge in [-0.3, -0.25) is 4.90 Å². The van der Waals surface area contributed by atoms with Gasteiger partial charge in [-0.05, 0) is 31.9 Å². The highest BCUT2D eigenvalue weighted by Crippen LogP contribution is 2.34. The number of thiazole rings is 1. The summed E-state index contributed by atoms with van der Waals surface area (Å²) in [5, 5.41) is 13.2. The minimum atomic E-state index is -0.925. The second-order valence-electron chi connectivity index (χ2n) is 6.60. The van der Waals surface area contributed by atoms with Gasteiger partial charge < -0.3 is 9.67 Å². The van der Waals surface area contributed by atoms with Crippen LogP contribution < -0.4 is 0 Å². The van der Waals surface area contributed by atoms with E-state index in [4.69, 9.17) is 0 Å². The van der Waals surface area contributed by atoms with Crippen LogP contribution in [0.2, 0.25) is 0 Å². The Hall–Kier alpha value is -2.25. The predicted octanol–water partition coefficient (Wildman–Crippen LogP) is 2.88. The lowest BCUT2D eigenvalue weighted by atomic mass is 9.87. The molecule has 0 amide bonds. The summed E-state index contributed by atoms with van der Waals surface area (Å²) in [5.74, 6) is -0.777. The first-order chi connectivity index (χ1) is 12.1. The van der Waals surface area contributed by atoms with Crippen molar-refractivity contribution in [1.29, 1.82) is 0 Å². The molecule has 0 bridgehead atoms. The molecule has 2 aromatic heterocycles. The van der Waals surface area contributed by atoms with E-state index in [1.807, 2.05) is 35.8 Å². The minimum absolute atomic E-state index is 0.563. The average molecular weight is 356 g/mol. The molecule has 1 fully saturated rings. The molecule has 1 aliphatic rings. The van der Waals surface area contributed by atoms with Crippen molar-refractivity contribution in [2.75, 3.05) is 13.1 Å². The van der Waals surface area contributed by atoms with Crippen LogP contribution in [0.4, 0.5) is 0 Å². The molecular formula is C18H20N4O2S. The van der Waals surface area contributed by atoms with Crippen LogP contribution >= 0.6 is 11.3 Å². The van der Waals surface area contributed by atoms with Gasteiger partial charge in [0.1, 0.15) is 10.5 Å². The van der Waals surface area contributed by atoms with Crippen molar-refractivity contribution in [3.05, 3.63) is 46.7 Å². The molecule has 0 unspecified atom stereocenters. The number of benzene rings is 1. The van der Waals surface area contributed by atoms with Crippen LogP contribution in [0.3, 0.4) is 0 Å². The Bertz CT molecular complexity index is 909. The molecule has 3 aromatic rings. The fourth-order valence-electron chi connectivity index (χ4n) is 3.61. The highest BCUT2D eigenvalue weighted by atomic mass is 32.1. The number of aromatic nitrogens is 3. The number of hydrogen-bond donors (Lipinski definition) is 1. The Morgan fingerprint density at radius 2 is 2.08 bits per heavy atom. The van der Waals surface area contributed by atoms with Crippen LogP contribution in [0.5, 0.6) is 0 Å². The highest BCUT2D eigenvalue weighted by Gasteiger charge is 2.44. The van der Waals surface area contributed by atoms with Crippen molar-refractivity contribution in [2.45, 2.75) is 31.8 Å². The Labute approximate surface area is 149 Å². The molecular weight excluding hydrogens is 336 g/mol. The van der Waals surface area contributed by atoms with E-state index >= 15 is 0 Å². The van der Waals surface area contributed by atoms with Gasteiger partial charge in [-0.2, -0.15) is 0 Å². The van der Waals surface area contributed by atoms with Crippen LogP contribution in [0.1, 0.15) is 23.5 Å². The Morgan fingerprint density at radius 3 is 2.76 bits per heavy atom. The zero-order valence-electron chi connectivity index (χ0n) is 14.1. The topological polar surface area (TPSA) is 71.2 Å². The van der Waals surface area contributed by atoms with Crippen molar-refractivity contribution in [1.82, 2.24) is 19.4 Å². The Balaban J connectivity index is 1.58. The number of carbonyl (C=O) groups is 1.